The summed E-state index contributed by atoms with van der Waals surface area (Å²) in [7, 11) is 0. The molecule has 27 heavy (non-hydrogen) atoms. The summed E-state index contributed by atoms with van der Waals surface area (Å²) < 4.78 is 5.16. The molecular formula is C21H24N2O3S. The predicted molar refractivity (Wildman–Crippen MR) is 109 cm³/mol. The van der Waals surface area contributed by atoms with Crippen LogP contribution in [-0.2, 0) is 20.7 Å². The van der Waals surface area contributed by atoms with E-state index in [4.69, 9.17) is 17.0 Å². The number of benzene rings is 2. The summed E-state index contributed by atoms with van der Waals surface area (Å²) >= 11 is 5.15. The molecule has 6 heteroatoms. The van der Waals surface area contributed by atoms with Crippen molar-refractivity contribution in [2.24, 2.45) is 0 Å². The summed E-state index contributed by atoms with van der Waals surface area (Å²) in [5, 5.41) is 5.89. The molecule has 142 valence electrons. The van der Waals surface area contributed by atoms with E-state index in [1.807, 2.05) is 67.6 Å². The van der Waals surface area contributed by atoms with Gasteiger partial charge in [-0.2, -0.15) is 0 Å². The van der Waals surface area contributed by atoms with Gasteiger partial charge in [-0.25, -0.2) is 0 Å². The zero-order valence-corrected chi connectivity index (χ0v) is 16.1. The summed E-state index contributed by atoms with van der Waals surface area (Å²) in [5.74, 6) is -0.703. The van der Waals surface area contributed by atoms with Crippen molar-refractivity contribution in [2.75, 3.05) is 6.61 Å². The second-order valence-corrected chi connectivity index (χ2v) is 6.52. The molecule has 0 bridgehead atoms. The van der Waals surface area contributed by atoms with Crippen molar-refractivity contribution in [3.8, 4) is 0 Å². The van der Waals surface area contributed by atoms with E-state index in [0.717, 1.165) is 11.1 Å². The Kier molecular flexibility index (Phi) is 8.45. The topological polar surface area (TPSA) is 67.4 Å². The van der Waals surface area contributed by atoms with Crippen molar-refractivity contribution in [1.82, 2.24) is 10.6 Å². The second-order valence-electron chi connectivity index (χ2n) is 6.11. The summed E-state index contributed by atoms with van der Waals surface area (Å²) in [5.41, 5.74) is 2.17. The van der Waals surface area contributed by atoms with Gasteiger partial charge < -0.3 is 15.4 Å². The SMILES string of the molecule is CC(NC(=S)NC(=O)CCC(=O)OCCc1ccccc1)c1ccccc1. The summed E-state index contributed by atoms with van der Waals surface area (Å²) in [6, 6.07) is 19.5. The Labute approximate surface area is 165 Å². The molecule has 2 aromatic carbocycles. The maximum absolute atomic E-state index is 11.9. The van der Waals surface area contributed by atoms with E-state index in [2.05, 4.69) is 10.6 Å². The quantitative estimate of drug-likeness (QED) is 0.540. The molecule has 1 unspecified atom stereocenters. The highest BCUT2D eigenvalue weighted by Crippen LogP contribution is 2.10. The zero-order chi connectivity index (χ0) is 19.5. The fraction of sp³-hybridized carbons (Fsp3) is 0.286. The van der Waals surface area contributed by atoms with Crippen LogP contribution in [0.25, 0.3) is 0 Å². The zero-order valence-electron chi connectivity index (χ0n) is 15.3. The van der Waals surface area contributed by atoms with Gasteiger partial charge in [0, 0.05) is 12.8 Å². The summed E-state index contributed by atoms with van der Waals surface area (Å²) in [6.45, 7) is 2.26. The Morgan fingerprint density at radius 1 is 1.00 bits per heavy atom. The minimum atomic E-state index is -0.391. The van der Waals surface area contributed by atoms with Crippen molar-refractivity contribution in [3.63, 3.8) is 0 Å². The molecule has 1 amide bonds. The molecule has 1 atom stereocenters. The molecule has 0 spiro atoms. The van der Waals surface area contributed by atoms with Gasteiger partial charge in [-0.1, -0.05) is 60.7 Å². The van der Waals surface area contributed by atoms with Crippen LogP contribution in [-0.4, -0.2) is 23.6 Å². The minimum absolute atomic E-state index is 0.0253. The highest BCUT2D eigenvalue weighted by atomic mass is 32.1. The van der Waals surface area contributed by atoms with Gasteiger partial charge in [-0.05, 0) is 30.3 Å². The first-order valence-electron chi connectivity index (χ1n) is 8.89. The summed E-state index contributed by atoms with van der Waals surface area (Å²) in [4.78, 5) is 23.7. The van der Waals surface area contributed by atoms with Crippen LogP contribution < -0.4 is 10.6 Å². The van der Waals surface area contributed by atoms with Crippen LogP contribution >= 0.6 is 12.2 Å². The van der Waals surface area contributed by atoms with Gasteiger partial charge in [0.2, 0.25) is 5.91 Å². The van der Waals surface area contributed by atoms with E-state index >= 15 is 0 Å². The molecule has 2 rings (SSSR count). The maximum atomic E-state index is 11.9. The third kappa shape index (κ3) is 8.00. The Bertz CT molecular complexity index is 751. The first-order valence-corrected chi connectivity index (χ1v) is 9.30. The molecule has 0 aromatic heterocycles. The van der Waals surface area contributed by atoms with Crippen molar-refractivity contribution >= 4 is 29.2 Å². The van der Waals surface area contributed by atoms with Crippen LogP contribution in [0.15, 0.2) is 60.7 Å². The molecule has 5 nitrogen and oxygen atoms in total. The van der Waals surface area contributed by atoms with E-state index in [9.17, 15) is 9.59 Å². The number of hydrogen-bond donors (Lipinski definition) is 2. The van der Waals surface area contributed by atoms with Crippen molar-refractivity contribution < 1.29 is 14.3 Å². The minimum Gasteiger partial charge on any atom is -0.465 e. The Balaban J connectivity index is 1.62. The molecule has 0 heterocycles. The smallest absolute Gasteiger partial charge is 0.306 e. The van der Waals surface area contributed by atoms with E-state index in [0.29, 0.717) is 13.0 Å². The molecule has 0 radical (unpaired) electrons. The van der Waals surface area contributed by atoms with Crippen LogP contribution in [0.1, 0.15) is 36.9 Å². The molecule has 2 N–H and O–H groups in total. The lowest BCUT2D eigenvalue weighted by Crippen LogP contribution is -2.40. The lowest BCUT2D eigenvalue weighted by molar-refractivity contribution is -0.144. The Morgan fingerprint density at radius 3 is 2.30 bits per heavy atom. The molecule has 0 aliphatic carbocycles. The van der Waals surface area contributed by atoms with Crippen LogP contribution in [0.3, 0.4) is 0 Å². The highest BCUT2D eigenvalue weighted by molar-refractivity contribution is 7.80. The van der Waals surface area contributed by atoms with Gasteiger partial charge in [-0.15, -0.1) is 0 Å². The Morgan fingerprint density at radius 2 is 1.63 bits per heavy atom. The number of hydrogen-bond acceptors (Lipinski definition) is 4. The monoisotopic (exact) mass is 384 g/mol. The number of esters is 1. The number of ether oxygens (including phenoxy) is 1. The van der Waals surface area contributed by atoms with Crippen LogP contribution in [0.4, 0.5) is 0 Å². The van der Waals surface area contributed by atoms with Crippen LogP contribution in [0.5, 0.6) is 0 Å². The standard InChI is InChI=1S/C21H24N2O3S/c1-16(18-10-6-3-7-11-18)22-21(27)23-19(24)12-13-20(25)26-15-14-17-8-4-2-5-9-17/h2-11,16H,12-15H2,1H3,(H2,22,23,24,27). The predicted octanol–water partition coefficient (Wildman–Crippen LogP) is 3.30. The number of amides is 1. The lowest BCUT2D eigenvalue weighted by atomic mass is 10.1. The normalized spacial score (nSPS) is 11.3. The molecule has 0 saturated heterocycles. The van der Waals surface area contributed by atoms with Crippen molar-refractivity contribution in [3.05, 3.63) is 71.8 Å². The number of carbonyl (C=O) groups excluding carboxylic acids is 2. The Hall–Kier alpha value is -2.73. The van der Waals surface area contributed by atoms with Crippen molar-refractivity contribution in [1.29, 1.82) is 0 Å². The van der Waals surface area contributed by atoms with Crippen molar-refractivity contribution in [2.45, 2.75) is 32.2 Å². The third-order valence-electron chi connectivity index (χ3n) is 3.95. The molecule has 2 aromatic rings. The first kappa shape index (κ1) is 20.6. The number of carbonyl (C=O) groups is 2. The van der Waals surface area contributed by atoms with Gasteiger partial charge in [0.1, 0.15) is 0 Å². The number of nitrogens with one attached hydrogen (secondary N) is 2. The second kappa shape index (κ2) is 11.1. The average molecular weight is 385 g/mol. The fourth-order valence-corrected chi connectivity index (χ4v) is 2.75. The highest BCUT2D eigenvalue weighted by Gasteiger charge is 2.11. The molecular weight excluding hydrogens is 360 g/mol. The van der Waals surface area contributed by atoms with Gasteiger partial charge >= 0.3 is 5.97 Å². The van der Waals surface area contributed by atoms with Gasteiger partial charge in [0.25, 0.3) is 0 Å². The van der Waals surface area contributed by atoms with Gasteiger partial charge in [0.15, 0.2) is 5.11 Å². The number of rotatable bonds is 8. The fourth-order valence-electron chi connectivity index (χ4n) is 2.46. The van der Waals surface area contributed by atoms with Gasteiger partial charge in [0.05, 0.1) is 19.1 Å². The lowest BCUT2D eigenvalue weighted by Gasteiger charge is -2.16. The summed E-state index contributed by atoms with van der Waals surface area (Å²) in [6.07, 6.45) is 0.716. The van der Waals surface area contributed by atoms with E-state index in [1.165, 1.54) is 0 Å². The molecule has 0 fully saturated rings. The maximum Gasteiger partial charge on any atom is 0.306 e. The average Bonchev–Trinajstić information content (AvgIpc) is 2.68. The first-order chi connectivity index (χ1) is 13.0. The van der Waals surface area contributed by atoms with E-state index in [-0.39, 0.29) is 29.9 Å². The number of thiocarbonyl (C=S) groups is 1. The van der Waals surface area contributed by atoms with Crippen LogP contribution in [0.2, 0.25) is 0 Å². The van der Waals surface area contributed by atoms with E-state index in [1.54, 1.807) is 0 Å². The third-order valence-corrected chi connectivity index (χ3v) is 4.17. The van der Waals surface area contributed by atoms with Crippen LogP contribution in [0, 0.1) is 0 Å². The van der Waals surface area contributed by atoms with Gasteiger partial charge in [-0.3, -0.25) is 9.59 Å². The molecule has 0 saturated carbocycles. The van der Waals surface area contributed by atoms with E-state index < -0.39 is 5.97 Å². The molecule has 0 aliphatic rings. The largest absolute Gasteiger partial charge is 0.465 e. The molecule has 0 aliphatic heterocycles.